The van der Waals surface area contributed by atoms with E-state index in [1.165, 1.54) is 4.90 Å². The van der Waals surface area contributed by atoms with E-state index in [9.17, 15) is 4.79 Å². The van der Waals surface area contributed by atoms with Crippen molar-refractivity contribution < 1.29 is 4.79 Å². The van der Waals surface area contributed by atoms with Gasteiger partial charge in [0.05, 0.1) is 5.69 Å². The van der Waals surface area contributed by atoms with E-state index in [2.05, 4.69) is 4.99 Å². The summed E-state index contributed by atoms with van der Waals surface area (Å²) in [6.45, 7) is 2.02. The number of carbonyl (C=O) groups is 1. The van der Waals surface area contributed by atoms with E-state index in [1.807, 2.05) is 6.92 Å². The average Bonchev–Trinajstić information content (AvgIpc) is 2.30. The van der Waals surface area contributed by atoms with Gasteiger partial charge in [-0.3, -0.25) is 9.69 Å². The van der Waals surface area contributed by atoms with Crippen molar-refractivity contribution in [3.63, 3.8) is 0 Å². The van der Waals surface area contributed by atoms with E-state index in [0.717, 1.165) is 12.1 Å². The molecule has 1 amide bonds. The molecule has 0 bridgehead atoms. The summed E-state index contributed by atoms with van der Waals surface area (Å²) >= 11 is 11.2. The molecule has 0 N–H and O–H groups in total. The Bertz CT molecular complexity index is 415. The molecule has 1 aromatic rings. The molecule has 0 fully saturated rings. The molecule has 17 heavy (non-hydrogen) atoms. The Morgan fingerprint density at radius 3 is 2.41 bits per heavy atom. The first-order valence-electron chi connectivity index (χ1n) is 5.31. The van der Waals surface area contributed by atoms with Gasteiger partial charge in [0, 0.05) is 18.5 Å². The summed E-state index contributed by atoms with van der Waals surface area (Å²) in [5.74, 6) is 0.648. The molecule has 0 heterocycles. The fourth-order valence-corrected chi connectivity index (χ4v) is 1.51. The number of aliphatic imine (C=N–C) groups is 1. The lowest BCUT2D eigenvalue weighted by molar-refractivity contribution is 0.247. The second kappa shape index (κ2) is 6.62. The van der Waals surface area contributed by atoms with Crippen molar-refractivity contribution in [2.75, 3.05) is 7.05 Å². The Morgan fingerprint density at radius 2 is 1.94 bits per heavy atom. The Morgan fingerprint density at radius 1 is 1.35 bits per heavy atom. The molecule has 0 aliphatic carbocycles. The number of carbonyl (C=O) groups excluding carboxylic acids is 1. The summed E-state index contributed by atoms with van der Waals surface area (Å²) in [5.41, 5.74) is 0.752. The van der Waals surface area contributed by atoms with Crippen LogP contribution in [-0.4, -0.2) is 23.1 Å². The summed E-state index contributed by atoms with van der Waals surface area (Å²) in [7, 11) is 1.61. The van der Waals surface area contributed by atoms with Gasteiger partial charge in [0.25, 0.3) is 0 Å². The Kier molecular flexibility index (Phi) is 5.45. The SMILES string of the molecule is CCCC(=Nc1ccc(Cl)cc1)N(C)C(=O)Cl. The van der Waals surface area contributed by atoms with E-state index in [1.54, 1.807) is 31.3 Å². The maximum Gasteiger partial charge on any atom is 0.321 e. The third-order valence-electron chi connectivity index (χ3n) is 2.21. The van der Waals surface area contributed by atoms with Crippen molar-refractivity contribution in [2.24, 2.45) is 4.99 Å². The van der Waals surface area contributed by atoms with Gasteiger partial charge in [-0.2, -0.15) is 0 Å². The third-order valence-corrected chi connectivity index (χ3v) is 2.71. The number of benzene rings is 1. The lowest BCUT2D eigenvalue weighted by Crippen LogP contribution is -2.28. The molecule has 0 unspecified atom stereocenters. The molecule has 1 aromatic carbocycles. The molecule has 5 heteroatoms. The molecule has 0 radical (unpaired) electrons. The van der Waals surface area contributed by atoms with E-state index in [-0.39, 0.29) is 0 Å². The first kappa shape index (κ1) is 14.0. The predicted octanol–water partition coefficient (Wildman–Crippen LogP) is 4.46. The van der Waals surface area contributed by atoms with E-state index in [0.29, 0.717) is 17.3 Å². The van der Waals surface area contributed by atoms with E-state index < -0.39 is 5.37 Å². The molecule has 0 atom stereocenters. The van der Waals surface area contributed by atoms with Crippen molar-refractivity contribution in [3.05, 3.63) is 29.3 Å². The highest BCUT2D eigenvalue weighted by Gasteiger charge is 2.11. The van der Waals surface area contributed by atoms with Gasteiger partial charge < -0.3 is 0 Å². The van der Waals surface area contributed by atoms with Crippen molar-refractivity contribution in [3.8, 4) is 0 Å². The second-order valence-electron chi connectivity index (χ2n) is 3.57. The number of rotatable bonds is 3. The molecule has 0 spiro atoms. The van der Waals surface area contributed by atoms with Crippen molar-refractivity contribution in [1.29, 1.82) is 0 Å². The number of amides is 1. The van der Waals surface area contributed by atoms with Gasteiger partial charge in [0.15, 0.2) is 0 Å². The van der Waals surface area contributed by atoms with Crippen molar-refractivity contribution in [1.82, 2.24) is 4.90 Å². The lowest BCUT2D eigenvalue weighted by atomic mass is 10.3. The quantitative estimate of drug-likeness (QED) is 0.346. The standard InChI is InChI=1S/C12H14Cl2N2O/c1-3-4-11(16(2)12(14)17)15-10-7-5-9(13)6-8-10/h5-8H,3-4H2,1-2H3. The smallest absolute Gasteiger partial charge is 0.290 e. The highest BCUT2D eigenvalue weighted by Crippen LogP contribution is 2.18. The minimum atomic E-state index is -0.536. The summed E-state index contributed by atoms with van der Waals surface area (Å²) in [6, 6.07) is 7.11. The number of hydrogen-bond donors (Lipinski definition) is 0. The van der Waals surface area contributed by atoms with Crippen LogP contribution in [-0.2, 0) is 0 Å². The fraction of sp³-hybridized carbons (Fsp3) is 0.333. The number of nitrogens with zero attached hydrogens (tertiary/aromatic N) is 2. The second-order valence-corrected chi connectivity index (χ2v) is 4.33. The maximum atomic E-state index is 11.1. The molecule has 1 rings (SSSR count). The van der Waals surface area contributed by atoms with E-state index >= 15 is 0 Å². The van der Waals surface area contributed by atoms with Crippen LogP contribution in [0, 0.1) is 0 Å². The minimum absolute atomic E-state index is 0.536. The summed E-state index contributed by atoms with van der Waals surface area (Å²) in [5, 5.41) is 0.119. The van der Waals surface area contributed by atoms with Crippen LogP contribution in [0.5, 0.6) is 0 Å². The monoisotopic (exact) mass is 272 g/mol. The molecule has 92 valence electrons. The zero-order valence-electron chi connectivity index (χ0n) is 9.78. The predicted molar refractivity (Wildman–Crippen MR) is 72.5 cm³/mol. The Labute approximate surface area is 111 Å². The van der Waals surface area contributed by atoms with Gasteiger partial charge in [-0.05, 0) is 42.3 Å². The molecule has 0 aromatic heterocycles. The highest BCUT2D eigenvalue weighted by molar-refractivity contribution is 6.64. The van der Waals surface area contributed by atoms with Gasteiger partial charge in [0.2, 0.25) is 0 Å². The Balaban J connectivity index is 2.97. The van der Waals surface area contributed by atoms with Crippen molar-refractivity contribution in [2.45, 2.75) is 19.8 Å². The van der Waals surface area contributed by atoms with Gasteiger partial charge in [0.1, 0.15) is 5.84 Å². The summed E-state index contributed by atoms with van der Waals surface area (Å²) in [4.78, 5) is 16.8. The van der Waals surface area contributed by atoms with Crippen LogP contribution in [0.15, 0.2) is 29.3 Å². The molecule has 0 saturated carbocycles. The van der Waals surface area contributed by atoms with Crippen LogP contribution in [0.4, 0.5) is 10.5 Å². The molecular weight excluding hydrogens is 259 g/mol. The largest absolute Gasteiger partial charge is 0.321 e. The van der Waals surface area contributed by atoms with Gasteiger partial charge in [-0.15, -0.1) is 0 Å². The number of halogens is 2. The summed E-state index contributed by atoms with van der Waals surface area (Å²) in [6.07, 6.45) is 1.58. The van der Waals surface area contributed by atoms with Crippen LogP contribution >= 0.6 is 23.2 Å². The van der Waals surface area contributed by atoms with E-state index in [4.69, 9.17) is 23.2 Å². The first-order chi connectivity index (χ1) is 8.04. The topological polar surface area (TPSA) is 32.7 Å². The zero-order chi connectivity index (χ0) is 12.8. The van der Waals surface area contributed by atoms with Crippen molar-refractivity contribution >= 4 is 40.1 Å². The maximum absolute atomic E-state index is 11.1. The normalized spacial score (nSPS) is 11.4. The average molecular weight is 273 g/mol. The third kappa shape index (κ3) is 4.36. The van der Waals surface area contributed by atoms with Gasteiger partial charge >= 0.3 is 5.37 Å². The van der Waals surface area contributed by atoms with Crippen LogP contribution in [0.2, 0.25) is 5.02 Å². The minimum Gasteiger partial charge on any atom is -0.290 e. The fourth-order valence-electron chi connectivity index (χ4n) is 1.29. The molecule has 0 aliphatic heterocycles. The van der Waals surface area contributed by atoms with Gasteiger partial charge in [-0.25, -0.2) is 4.99 Å². The van der Waals surface area contributed by atoms with Crippen LogP contribution in [0.25, 0.3) is 0 Å². The summed E-state index contributed by atoms with van der Waals surface area (Å²) < 4.78 is 0. The number of amidine groups is 1. The van der Waals surface area contributed by atoms with Crippen LogP contribution < -0.4 is 0 Å². The van der Waals surface area contributed by atoms with Crippen LogP contribution in [0.3, 0.4) is 0 Å². The van der Waals surface area contributed by atoms with Crippen LogP contribution in [0.1, 0.15) is 19.8 Å². The highest BCUT2D eigenvalue weighted by atomic mass is 35.5. The molecule has 3 nitrogen and oxygen atoms in total. The lowest BCUT2D eigenvalue weighted by Gasteiger charge is -2.15. The Hall–Kier alpha value is -1.06. The molecule has 0 aliphatic rings. The zero-order valence-corrected chi connectivity index (χ0v) is 11.3. The first-order valence-corrected chi connectivity index (χ1v) is 6.06. The molecular formula is C12H14Cl2N2O. The molecule has 0 saturated heterocycles. The number of hydrogen-bond acceptors (Lipinski definition) is 2. The van der Waals surface area contributed by atoms with Gasteiger partial charge in [-0.1, -0.05) is 18.5 Å².